The number of aromatic nitrogens is 2. The Hall–Kier alpha value is -2.40. The predicted octanol–water partition coefficient (Wildman–Crippen LogP) is 4.26. The topological polar surface area (TPSA) is 54.7 Å². The lowest BCUT2D eigenvalue weighted by Gasteiger charge is -2.08. The minimum absolute atomic E-state index is 0.0706. The van der Waals surface area contributed by atoms with Crippen molar-refractivity contribution in [1.82, 2.24) is 10.2 Å². The fourth-order valence-corrected chi connectivity index (χ4v) is 2.40. The number of nitrogen functional groups attached to an aromatic ring is 1. The lowest BCUT2D eigenvalue weighted by Crippen LogP contribution is -1.92. The zero-order valence-electron chi connectivity index (χ0n) is 10.7. The summed E-state index contributed by atoms with van der Waals surface area (Å²) in [4.78, 5) is 0. The summed E-state index contributed by atoms with van der Waals surface area (Å²) < 4.78 is 27.6. The summed E-state index contributed by atoms with van der Waals surface area (Å²) in [5, 5.41) is 6.51. The van der Waals surface area contributed by atoms with Gasteiger partial charge >= 0.3 is 0 Å². The SMILES string of the molecule is Nc1n[nH]c(-c2cccc(F)c2Cl)c1-c1ccccc1F. The number of nitrogens with two attached hydrogens (primary N) is 1. The van der Waals surface area contributed by atoms with Crippen molar-refractivity contribution < 1.29 is 8.78 Å². The number of halogens is 3. The van der Waals surface area contributed by atoms with Crippen molar-refractivity contribution in [3.63, 3.8) is 0 Å². The summed E-state index contributed by atoms with van der Waals surface area (Å²) in [5.74, 6) is -0.892. The van der Waals surface area contributed by atoms with E-state index in [1.807, 2.05) is 0 Å². The molecule has 0 saturated heterocycles. The van der Waals surface area contributed by atoms with E-state index in [1.165, 1.54) is 18.2 Å². The summed E-state index contributed by atoms with van der Waals surface area (Å²) in [6.45, 7) is 0. The van der Waals surface area contributed by atoms with E-state index in [0.717, 1.165) is 0 Å². The Balaban J connectivity index is 2.28. The maximum Gasteiger partial charge on any atom is 0.153 e. The van der Waals surface area contributed by atoms with Crippen LogP contribution in [0.25, 0.3) is 22.4 Å². The van der Waals surface area contributed by atoms with Gasteiger partial charge in [0, 0.05) is 11.1 Å². The number of aromatic amines is 1. The summed E-state index contributed by atoms with van der Waals surface area (Å²) in [5.41, 5.74) is 7.21. The standard InChI is InChI=1S/C15H10ClF2N3/c16-13-9(5-3-7-11(13)18)14-12(15(19)21-20-14)8-4-1-2-6-10(8)17/h1-7H,(H3,19,20,21). The molecule has 0 atom stereocenters. The Bertz CT molecular complexity index is 814. The highest BCUT2D eigenvalue weighted by atomic mass is 35.5. The van der Waals surface area contributed by atoms with E-state index in [4.69, 9.17) is 17.3 Å². The van der Waals surface area contributed by atoms with Crippen LogP contribution in [-0.2, 0) is 0 Å². The van der Waals surface area contributed by atoms with Gasteiger partial charge in [0.25, 0.3) is 0 Å². The fraction of sp³-hybridized carbons (Fsp3) is 0. The van der Waals surface area contributed by atoms with Crippen molar-refractivity contribution in [2.45, 2.75) is 0 Å². The number of hydrogen-bond donors (Lipinski definition) is 2. The Kier molecular flexibility index (Phi) is 3.35. The van der Waals surface area contributed by atoms with Crippen molar-refractivity contribution in [3.8, 4) is 22.4 Å². The molecule has 0 radical (unpaired) electrons. The van der Waals surface area contributed by atoms with Crippen molar-refractivity contribution in [1.29, 1.82) is 0 Å². The van der Waals surface area contributed by atoms with Gasteiger partial charge in [0.2, 0.25) is 0 Å². The van der Waals surface area contributed by atoms with Crippen molar-refractivity contribution in [2.75, 3.05) is 5.73 Å². The molecule has 0 amide bonds. The van der Waals surface area contributed by atoms with Crippen LogP contribution in [0.2, 0.25) is 5.02 Å². The van der Waals surface area contributed by atoms with Crippen molar-refractivity contribution in [2.24, 2.45) is 0 Å². The molecule has 3 N–H and O–H groups in total. The fourth-order valence-electron chi connectivity index (χ4n) is 2.18. The van der Waals surface area contributed by atoms with Crippen LogP contribution < -0.4 is 5.73 Å². The number of H-pyrrole nitrogens is 1. The van der Waals surface area contributed by atoms with Crippen LogP contribution in [0.15, 0.2) is 42.5 Å². The largest absolute Gasteiger partial charge is 0.382 e. The first-order valence-corrected chi connectivity index (χ1v) is 6.50. The highest BCUT2D eigenvalue weighted by Gasteiger charge is 2.20. The molecule has 21 heavy (non-hydrogen) atoms. The number of nitrogens with zero attached hydrogens (tertiary/aromatic N) is 1. The zero-order valence-corrected chi connectivity index (χ0v) is 11.5. The van der Waals surface area contributed by atoms with Crippen LogP contribution in [0.3, 0.4) is 0 Å². The second kappa shape index (κ2) is 5.18. The molecule has 0 fully saturated rings. The van der Waals surface area contributed by atoms with Gasteiger partial charge in [0.1, 0.15) is 11.6 Å². The molecule has 0 aliphatic rings. The van der Waals surface area contributed by atoms with E-state index in [2.05, 4.69) is 10.2 Å². The minimum atomic E-state index is -0.568. The van der Waals surface area contributed by atoms with Gasteiger partial charge in [-0.3, -0.25) is 5.10 Å². The molecule has 0 spiro atoms. The van der Waals surface area contributed by atoms with Gasteiger partial charge in [0.15, 0.2) is 5.82 Å². The minimum Gasteiger partial charge on any atom is -0.382 e. The van der Waals surface area contributed by atoms with Gasteiger partial charge in [-0.1, -0.05) is 41.9 Å². The number of anilines is 1. The molecule has 3 aromatic rings. The highest BCUT2D eigenvalue weighted by molar-refractivity contribution is 6.33. The van der Waals surface area contributed by atoms with Gasteiger partial charge in [-0.05, 0) is 12.1 Å². The third-order valence-corrected chi connectivity index (χ3v) is 3.54. The number of nitrogens with one attached hydrogen (secondary N) is 1. The number of benzene rings is 2. The Morgan fingerprint density at radius 3 is 2.38 bits per heavy atom. The van der Waals surface area contributed by atoms with Crippen LogP contribution in [0, 0.1) is 11.6 Å². The molecule has 2 aromatic carbocycles. The third kappa shape index (κ3) is 2.25. The summed E-state index contributed by atoms with van der Waals surface area (Å²) in [6, 6.07) is 10.5. The second-order valence-electron chi connectivity index (χ2n) is 4.44. The second-order valence-corrected chi connectivity index (χ2v) is 4.82. The van der Waals surface area contributed by atoms with E-state index in [0.29, 0.717) is 16.8 Å². The molecule has 1 aromatic heterocycles. The first kappa shape index (κ1) is 13.6. The molecule has 0 bridgehead atoms. The molecule has 0 aliphatic carbocycles. The number of rotatable bonds is 2. The molecule has 0 unspecified atom stereocenters. The lowest BCUT2D eigenvalue weighted by molar-refractivity contribution is 0.628. The van der Waals surface area contributed by atoms with Crippen LogP contribution in [0.4, 0.5) is 14.6 Å². The molecule has 1 heterocycles. The van der Waals surface area contributed by atoms with Crippen molar-refractivity contribution in [3.05, 3.63) is 59.1 Å². The van der Waals surface area contributed by atoms with Crippen LogP contribution in [-0.4, -0.2) is 10.2 Å². The lowest BCUT2D eigenvalue weighted by atomic mass is 10.0. The first-order valence-electron chi connectivity index (χ1n) is 6.12. The Morgan fingerprint density at radius 1 is 0.952 bits per heavy atom. The molecule has 0 saturated carbocycles. The Labute approximate surface area is 124 Å². The van der Waals surface area contributed by atoms with Gasteiger partial charge in [-0.2, -0.15) is 5.10 Å². The van der Waals surface area contributed by atoms with Gasteiger partial charge in [0.05, 0.1) is 16.3 Å². The van der Waals surface area contributed by atoms with E-state index in [9.17, 15) is 8.78 Å². The summed E-state index contributed by atoms with van der Waals surface area (Å²) >= 11 is 5.98. The maximum absolute atomic E-state index is 14.0. The summed E-state index contributed by atoms with van der Waals surface area (Å²) in [7, 11) is 0. The van der Waals surface area contributed by atoms with E-state index in [-0.39, 0.29) is 16.4 Å². The molecule has 3 nitrogen and oxygen atoms in total. The number of hydrogen-bond acceptors (Lipinski definition) is 2. The predicted molar refractivity (Wildman–Crippen MR) is 78.8 cm³/mol. The third-order valence-electron chi connectivity index (χ3n) is 3.16. The van der Waals surface area contributed by atoms with Crippen LogP contribution >= 0.6 is 11.6 Å². The van der Waals surface area contributed by atoms with Gasteiger partial charge < -0.3 is 5.73 Å². The van der Waals surface area contributed by atoms with Crippen LogP contribution in [0.1, 0.15) is 0 Å². The van der Waals surface area contributed by atoms with E-state index < -0.39 is 11.6 Å². The summed E-state index contributed by atoms with van der Waals surface area (Å²) in [6.07, 6.45) is 0. The van der Waals surface area contributed by atoms with Gasteiger partial charge in [-0.25, -0.2) is 8.78 Å². The maximum atomic E-state index is 14.0. The first-order chi connectivity index (χ1) is 10.1. The quantitative estimate of drug-likeness (QED) is 0.743. The highest BCUT2D eigenvalue weighted by Crippen LogP contribution is 2.39. The average molecular weight is 306 g/mol. The zero-order chi connectivity index (χ0) is 15.0. The molecule has 3 rings (SSSR count). The molecule has 106 valence electrons. The Morgan fingerprint density at radius 2 is 1.62 bits per heavy atom. The molecule has 0 aliphatic heterocycles. The smallest absolute Gasteiger partial charge is 0.153 e. The molecule has 6 heteroatoms. The van der Waals surface area contributed by atoms with Crippen molar-refractivity contribution >= 4 is 17.4 Å². The van der Waals surface area contributed by atoms with Gasteiger partial charge in [-0.15, -0.1) is 0 Å². The average Bonchev–Trinajstić information content (AvgIpc) is 2.84. The van der Waals surface area contributed by atoms with Crippen LogP contribution in [0.5, 0.6) is 0 Å². The molecular weight excluding hydrogens is 296 g/mol. The monoisotopic (exact) mass is 305 g/mol. The molecular formula is C15H10ClF2N3. The van der Waals surface area contributed by atoms with E-state index in [1.54, 1.807) is 24.3 Å². The normalized spacial score (nSPS) is 10.8. The van der Waals surface area contributed by atoms with E-state index >= 15 is 0 Å².